The van der Waals surface area contributed by atoms with Crippen molar-refractivity contribution in [3.05, 3.63) is 29.3 Å². The summed E-state index contributed by atoms with van der Waals surface area (Å²) in [7, 11) is 0. The average molecular weight is 287 g/mol. The molecule has 6 heteroatoms. The fraction of sp³-hybridized carbons (Fsp3) is 0.385. The second-order valence-electron chi connectivity index (χ2n) is 3.46. The monoisotopic (exact) mass is 286 g/mol. The van der Waals surface area contributed by atoms with Crippen LogP contribution in [0, 0.1) is 0 Å². The van der Waals surface area contributed by atoms with Crippen LogP contribution >= 0.6 is 11.6 Å². The van der Waals surface area contributed by atoms with Gasteiger partial charge < -0.3 is 14.2 Å². The van der Waals surface area contributed by atoms with Crippen LogP contribution in [0.2, 0.25) is 5.02 Å². The molecule has 104 valence electrons. The highest BCUT2D eigenvalue weighted by Gasteiger charge is 2.31. The first-order chi connectivity index (χ1) is 9.08. The van der Waals surface area contributed by atoms with Gasteiger partial charge in [0.15, 0.2) is 0 Å². The number of hydrogen-bond donors (Lipinski definition) is 0. The molecule has 0 aliphatic rings. The van der Waals surface area contributed by atoms with Gasteiger partial charge in [0, 0.05) is 5.02 Å². The second kappa shape index (κ2) is 7.63. The molecule has 0 radical (unpaired) electrons. The standard InChI is InChI=1S/C13H15ClO5/c1-3-17-12(15)11(13(16)18-4-2)19-10-7-5-6-9(14)8-10/h5-8,11H,3-4H2,1-2H3. The zero-order chi connectivity index (χ0) is 14.3. The molecule has 0 N–H and O–H groups in total. The number of benzene rings is 1. The maximum atomic E-state index is 11.7. The van der Waals surface area contributed by atoms with Crippen molar-refractivity contribution >= 4 is 23.5 Å². The molecular weight excluding hydrogens is 272 g/mol. The van der Waals surface area contributed by atoms with Crippen LogP contribution in [0.15, 0.2) is 24.3 Å². The summed E-state index contributed by atoms with van der Waals surface area (Å²) in [5.41, 5.74) is 0. The van der Waals surface area contributed by atoms with Crippen LogP contribution in [0.1, 0.15) is 13.8 Å². The number of carbonyl (C=O) groups excluding carboxylic acids is 2. The van der Waals surface area contributed by atoms with Crippen LogP contribution in [-0.4, -0.2) is 31.3 Å². The summed E-state index contributed by atoms with van der Waals surface area (Å²) in [6.07, 6.45) is -1.45. The van der Waals surface area contributed by atoms with E-state index in [1.165, 1.54) is 6.07 Å². The highest BCUT2D eigenvalue weighted by Crippen LogP contribution is 2.19. The largest absolute Gasteiger partial charge is 0.467 e. The van der Waals surface area contributed by atoms with Crippen molar-refractivity contribution in [2.24, 2.45) is 0 Å². The van der Waals surface area contributed by atoms with E-state index in [-0.39, 0.29) is 13.2 Å². The highest BCUT2D eigenvalue weighted by molar-refractivity contribution is 6.30. The third kappa shape index (κ3) is 4.79. The molecule has 0 unspecified atom stereocenters. The molecule has 0 saturated heterocycles. The van der Waals surface area contributed by atoms with Gasteiger partial charge in [-0.2, -0.15) is 0 Å². The van der Waals surface area contributed by atoms with Crippen molar-refractivity contribution in [1.82, 2.24) is 0 Å². The molecule has 19 heavy (non-hydrogen) atoms. The van der Waals surface area contributed by atoms with Gasteiger partial charge in [-0.25, -0.2) is 9.59 Å². The van der Waals surface area contributed by atoms with Crippen LogP contribution in [0.5, 0.6) is 5.75 Å². The van der Waals surface area contributed by atoms with Crippen molar-refractivity contribution < 1.29 is 23.8 Å². The first-order valence-electron chi connectivity index (χ1n) is 5.84. The first kappa shape index (κ1) is 15.3. The van der Waals surface area contributed by atoms with Gasteiger partial charge in [0.05, 0.1) is 13.2 Å². The zero-order valence-corrected chi connectivity index (χ0v) is 11.5. The Morgan fingerprint density at radius 1 is 1.16 bits per heavy atom. The topological polar surface area (TPSA) is 61.8 Å². The summed E-state index contributed by atoms with van der Waals surface area (Å²) in [5.74, 6) is -1.29. The Kier molecular flexibility index (Phi) is 6.15. The van der Waals surface area contributed by atoms with E-state index in [0.717, 1.165) is 0 Å². The van der Waals surface area contributed by atoms with Gasteiger partial charge in [0.1, 0.15) is 5.75 Å². The van der Waals surface area contributed by atoms with E-state index < -0.39 is 18.0 Å². The number of ether oxygens (including phenoxy) is 3. The SMILES string of the molecule is CCOC(=O)C(Oc1cccc(Cl)c1)C(=O)OCC. The molecule has 0 bridgehead atoms. The molecule has 0 fully saturated rings. The van der Waals surface area contributed by atoms with Gasteiger partial charge >= 0.3 is 11.9 Å². The fourth-order valence-electron chi connectivity index (χ4n) is 1.30. The summed E-state index contributed by atoms with van der Waals surface area (Å²) >= 11 is 5.80. The molecule has 0 aliphatic heterocycles. The van der Waals surface area contributed by atoms with E-state index in [1.54, 1.807) is 32.0 Å². The molecule has 0 heterocycles. The summed E-state index contributed by atoms with van der Waals surface area (Å²) in [6, 6.07) is 6.37. The molecule has 0 atom stereocenters. The van der Waals surface area contributed by atoms with Crippen LogP contribution in [-0.2, 0) is 19.1 Å². The minimum Gasteiger partial charge on any atom is -0.467 e. The van der Waals surface area contributed by atoms with Crippen molar-refractivity contribution in [3.8, 4) is 5.75 Å². The van der Waals surface area contributed by atoms with Gasteiger partial charge in [-0.3, -0.25) is 0 Å². The summed E-state index contributed by atoms with van der Waals surface area (Å²) in [4.78, 5) is 23.3. The van der Waals surface area contributed by atoms with Gasteiger partial charge in [0.2, 0.25) is 0 Å². The Bertz CT molecular complexity index is 428. The summed E-state index contributed by atoms with van der Waals surface area (Å²) in [5, 5.41) is 0.434. The Morgan fingerprint density at radius 3 is 2.21 bits per heavy atom. The lowest BCUT2D eigenvalue weighted by molar-refractivity contribution is -0.166. The van der Waals surface area contributed by atoms with Crippen molar-refractivity contribution in [2.45, 2.75) is 20.0 Å². The van der Waals surface area contributed by atoms with E-state index in [1.807, 2.05) is 0 Å². The third-order valence-electron chi connectivity index (χ3n) is 2.05. The number of esters is 2. The number of halogens is 1. The maximum absolute atomic E-state index is 11.7. The lowest BCUT2D eigenvalue weighted by Gasteiger charge is -2.16. The second-order valence-corrected chi connectivity index (χ2v) is 3.90. The van der Waals surface area contributed by atoms with E-state index in [9.17, 15) is 9.59 Å². The molecule has 1 rings (SSSR count). The Hall–Kier alpha value is -1.75. The van der Waals surface area contributed by atoms with Gasteiger partial charge in [-0.15, -0.1) is 0 Å². The number of carbonyl (C=O) groups is 2. The predicted octanol–water partition coefficient (Wildman–Crippen LogP) is 2.21. The highest BCUT2D eigenvalue weighted by atomic mass is 35.5. The van der Waals surface area contributed by atoms with Crippen molar-refractivity contribution in [3.63, 3.8) is 0 Å². The fourth-order valence-corrected chi connectivity index (χ4v) is 1.49. The number of hydrogen-bond acceptors (Lipinski definition) is 5. The van der Waals surface area contributed by atoms with Crippen LogP contribution in [0.25, 0.3) is 0 Å². The predicted molar refractivity (Wildman–Crippen MR) is 69.1 cm³/mol. The lowest BCUT2D eigenvalue weighted by atomic mass is 10.3. The maximum Gasteiger partial charge on any atom is 0.359 e. The van der Waals surface area contributed by atoms with Gasteiger partial charge in [-0.05, 0) is 32.0 Å². The van der Waals surface area contributed by atoms with Gasteiger partial charge in [-0.1, -0.05) is 17.7 Å². The molecule has 0 aromatic heterocycles. The summed E-state index contributed by atoms with van der Waals surface area (Å²) in [6.45, 7) is 3.57. The quantitative estimate of drug-likeness (QED) is 0.593. The molecule has 1 aromatic carbocycles. The van der Waals surface area contributed by atoms with E-state index in [4.69, 9.17) is 25.8 Å². The van der Waals surface area contributed by atoms with Crippen LogP contribution in [0.4, 0.5) is 0 Å². The van der Waals surface area contributed by atoms with Crippen molar-refractivity contribution in [2.75, 3.05) is 13.2 Å². The molecule has 0 amide bonds. The Balaban J connectivity index is 2.84. The third-order valence-corrected chi connectivity index (χ3v) is 2.29. The van der Waals surface area contributed by atoms with Crippen molar-refractivity contribution in [1.29, 1.82) is 0 Å². The molecule has 0 spiro atoms. The Labute approximate surface area is 116 Å². The molecular formula is C13H15ClO5. The zero-order valence-electron chi connectivity index (χ0n) is 10.7. The Morgan fingerprint density at radius 2 is 1.74 bits per heavy atom. The molecule has 0 aliphatic carbocycles. The normalized spacial score (nSPS) is 10.1. The number of rotatable bonds is 6. The van der Waals surface area contributed by atoms with E-state index in [2.05, 4.69) is 0 Å². The minimum atomic E-state index is -1.45. The molecule has 1 aromatic rings. The average Bonchev–Trinajstić information content (AvgIpc) is 2.36. The van der Waals surface area contributed by atoms with E-state index >= 15 is 0 Å². The van der Waals surface area contributed by atoms with E-state index in [0.29, 0.717) is 10.8 Å². The lowest BCUT2D eigenvalue weighted by Crippen LogP contribution is -2.38. The smallest absolute Gasteiger partial charge is 0.359 e. The van der Waals surface area contributed by atoms with Crippen LogP contribution in [0.3, 0.4) is 0 Å². The molecule has 5 nitrogen and oxygen atoms in total. The summed E-state index contributed by atoms with van der Waals surface area (Å²) < 4.78 is 14.8. The van der Waals surface area contributed by atoms with Gasteiger partial charge in [0.25, 0.3) is 6.10 Å². The minimum absolute atomic E-state index is 0.146. The van der Waals surface area contributed by atoms with Crippen LogP contribution < -0.4 is 4.74 Å². The first-order valence-corrected chi connectivity index (χ1v) is 6.21. The molecule has 0 saturated carbocycles.